The van der Waals surface area contributed by atoms with Crippen molar-refractivity contribution in [3.05, 3.63) is 35.7 Å². The van der Waals surface area contributed by atoms with Gasteiger partial charge in [-0.05, 0) is 12.1 Å². The molecule has 2 aromatic rings. The fourth-order valence-electron chi connectivity index (χ4n) is 1.90. The number of alkyl halides is 3. The first-order chi connectivity index (χ1) is 9.05. The van der Waals surface area contributed by atoms with Crippen LogP contribution in [0.15, 0.2) is 28.8 Å². The molecular formula is C12H10F3N3O. The van der Waals surface area contributed by atoms with Gasteiger partial charge in [0.1, 0.15) is 0 Å². The van der Waals surface area contributed by atoms with E-state index in [1.165, 1.54) is 18.2 Å². The van der Waals surface area contributed by atoms with Crippen molar-refractivity contribution in [2.75, 3.05) is 13.1 Å². The van der Waals surface area contributed by atoms with Gasteiger partial charge in [-0.2, -0.15) is 18.2 Å². The quantitative estimate of drug-likeness (QED) is 0.909. The lowest BCUT2D eigenvalue weighted by atomic mass is 10.0. The van der Waals surface area contributed by atoms with Crippen LogP contribution in [0.1, 0.15) is 17.3 Å². The number of hydrogen-bond donors (Lipinski definition) is 1. The van der Waals surface area contributed by atoms with Gasteiger partial charge in [-0.1, -0.05) is 17.3 Å². The van der Waals surface area contributed by atoms with Crippen LogP contribution in [0, 0.1) is 0 Å². The zero-order valence-corrected chi connectivity index (χ0v) is 9.74. The number of benzene rings is 1. The van der Waals surface area contributed by atoms with Crippen molar-refractivity contribution in [2.45, 2.75) is 12.1 Å². The van der Waals surface area contributed by atoms with E-state index in [0.717, 1.165) is 19.2 Å². The molecule has 0 atom stereocenters. The minimum atomic E-state index is -4.44. The third-order valence-electron chi connectivity index (χ3n) is 3.05. The van der Waals surface area contributed by atoms with E-state index in [-0.39, 0.29) is 17.4 Å². The van der Waals surface area contributed by atoms with E-state index in [0.29, 0.717) is 5.82 Å². The lowest BCUT2D eigenvalue weighted by Crippen LogP contribution is -2.40. The third-order valence-corrected chi connectivity index (χ3v) is 3.05. The lowest BCUT2D eigenvalue weighted by Gasteiger charge is -2.23. The van der Waals surface area contributed by atoms with Crippen molar-refractivity contribution in [1.82, 2.24) is 15.5 Å². The van der Waals surface area contributed by atoms with Crippen molar-refractivity contribution < 1.29 is 17.7 Å². The first-order valence-electron chi connectivity index (χ1n) is 5.76. The highest BCUT2D eigenvalue weighted by Crippen LogP contribution is 2.36. The molecule has 100 valence electrons. The van der Waals surface area contributed by atoms with Gasteiger partial charge < -0.3 is 9.84 Å². The number of nitrogens with one attached hydrogen (secondary N) is 1. The van der Waals surface area contributed by atoms with Gasteiger partial charge in [0.15, 0.2) is 5.82 Å². The molecule has 0 radical (unpaired) electrons. The molecule has 1 aliphatic rings. The van der Waals surface area contributed by atoms with Gasteiger partial charge >= 0.3 is 6.18 Å². The average Bonchev–Trinajstić information content (AvgIpc) is 2.75. The molecule has 0 aliphatic carbocycles. The first kappa shape index (κ1) is 12.2. The Bertz CT molecular complexity index is 590. The summed E-state index contributed by atoms with van der Waals surface area (Å²) in [7, 11) is 0. The maximum atomic E-state index is 12.9. The van der Waals surface area contributed by atoms with Crippen LogP contribution < -0.4 is 5.32 Å². The number of halogens is 3. The van der Waals surface area contributed by atoms with Crippen LogP contribution in [-0.2, 0) is 6.18 Å². The zero-order valence-electron chi connectivity index (χ0n) is 9.74. The second-order valence-electron chi connectivity index (χ2n) is 4.36. The predicted molar refractivity (Wildman–Crippen MR) is 60.3 cm³/mol. The number of hydrogen-bond acceptors (Lipinski definition) is 4. The fourth-order valence-corrected chi connectivity index (χ4v) is 1.90. The Balaban J connectivity index is 1.99. The summed E-state index contributed by atoms with van der Waals surface area (Å²) in [5.74, 6) is 0.483. The Hall–Kier alpha value is -1.89. The minimum Gasteiger partial charge on any atom is -0.334 e. The summed E-state index contributed by atoms with van der Waals surface area (Å²) in [6.45, 7) is 1.44. The third kappa shape index (κ3) is 2.21. The molecule has 0 bridgehead atoms. The summed E-state index contributed by atoms with van der Waals surface area (Å²) < 4.78 is 43.6. The Morgan fingerprint density at radius 2 is 1.95 bits per heavy atom. The van der Waals surface area contributed by atoms with Gasteiger partial charge in [0.2, 0.25) is 0 Å². The topological polar surface area (TPSA) is 51.0 Å². The van der Waals surface area contributed by atoms with Gasteiger partial charge in [0.05, 0.1) is 11.1 Å². The smallest absolute Gasteiger partial charge is 0.334 e. The van der Waals surface area contributed by atoms with Crippen molar-refractivity contribution in [1.29, 1.82) is 0 Å². The monoisotopic (exact) mass is 269 g/mol. The molecule has 1 aromatic heterocycles. The largest absolute Gasteiger partial charge is 0.417 e. The van der Waals surface area contributed by atoms with Gasteiger partial charge in [0.25, 0.3) is 5.89 Å². The second-order valence-corrected chi connectivity index (χ2v) is 4.36. The Labute approximate surface area is 106 Å². The van der Waals surface area contributed by atoms with Gasteiger partial charge in [-0.15, -0.1) is 0 Å². The zero-order chi connectivity index (χ0) is 13.5. The van der Waals surface area contributed by atoms with Gasteiger partial charge in [-0.25, -0.2) is 0 Å². The van der Waals surface area contributed by atoms with Crippen molar-refractivity contribution in [3.8, 4) is 11.5 Å². The van der Waals surface area contributed by atoms with Crippen LogP contribution in [0.5, 0.6) is 0 Å². The molecule has 0 unspecified atom stereocenters. The summed E-state index contributed by atoms with van der Waals surface area (Å²) in [4.78, 5) is 4.06. The molecule has 2 heterocycles. The van der Waals surface area contributed by atoms with Gasteiger partial charge in [-0.3, -0.25) is 0 Å². The average molecular weight is 269 g/mol. The van der Waals surface area contributed by atoms with Crippen LogP contribution >= 0.6 is 0 Å². The van der Waals surface area contributed by atoms with E-state index in [9.17, 15) is 13.2 Å². The normalized spacial score (nSPS) is 16.4. The molecule has 19 heavy (non-hydrogen) atoms. The molecule has 1 N–H and O–H groups in total. The molecule has 7 heteroatoms. The fraction of sp³-hybridized carbons (Fsp3) is 0.333. The number of rotatable bonds is 2. The Kier molecular flexibility index (Phi) is 2.78. The molecule has 1 saturated heterocycles. The molecule has 1 aromatic carbocycles. The first-order valence-corrected chi connectivity index (χ1v) is 5.76. The molecular weight excluding hydrogens is 259 g/mol. The summed E-state index contributed by atoms with van der Waals surface area (Å²) >= 11 is 0. The summed E-state index contributed by atoms with van der Waals surface area (Å²) in [6, 6.07) is 5.18. The van der Waals surface area contributed by atoms with Crippen LogP contribution in [-0.4, -0.2) is 23.2 Å². The Morgan fingerprint density at radius 1 is 1.21 bits per heavy atom. The highest BCUT2D eigenvalue weighted by atomic mass is 19.4. The molecule has 0 spiro atoms. The maximum absolute atomic E-state index is 12.9. The van der Waals surface area contributed by atoms with Gasteiger partial charge in [0, 0.05) is 19.0 Å². The molecule has 1 fully saturated rings. The van der Waals surface area contributed by atoms with Crippen LogP contribution in [0.2, 0.25) is 0 Å². The number of nitrogens with zero attached hydrogens (tertiary/aromatic N) is 2. The predicted octanol–water partition coefficient (Wildman–Crippen LogP) is 2.44. The van der Waals surface area contributed by atoms with E-state index in [4.69, 9.17) is 4.52 Å². The Morgan fingerprint density at radius 3 is 2.58 bits per heavy atom. The molecule has 0 amide bonds. The SMILES string of the molecule is FC(F)(F)c1ccccc1-c1nc(C2CNC2)no1. The van der Waals surface area contributed by atoms with E-state index in [1.54, 1.807) is 0 Å². The highest BCUT2D eigenvalue weighted by molar-refractivity contribution is 5.59. The van der Waals surface area contributed by atoms with Crippen molar-refractivity contribution >= 4 is 0 Å². The second kappa shape index (κ2) is 4.34. The minimum absolute atomic E-state index is 0.0824. The molecule has 3 rings (SSSR count). The highest BCUT2D eigenvalue weighted by Gasteiger charge is 2.35. The number of aromatic nitrogens is 2. The van der Waals surface area contributed by atoms with Crippen LogP contribution in [0.3, 0.4) is 0 Å². The van der Waals surface area contributed by atoms with Crippen molar-refractivity contribution in [3.63, 3.8) is 0 Å². The van der Waals surface area contributed by atoms with E-state index >= 15 is 0 Å². The van der Waals surface area contributed by atoms with Crippen LogP contribution in [0.4, 0.5) is 13.2 Å². The van der Waals surface area contributed by atoms with Crippen LogP contribution in [0.25, 0.3) is 11.5 Å². The molecule has 0 saturated carbocycles. The summed E-state index contributed by atoms with van der Waals surface area (Å²) in [5, 5.41) is 6.79. The van der Waals surface area contributed by atoms with E-state index in [2.05, 4.69) is 15.5 Å². The maximum Gasteiger partial charge on any atom is 0.417 e. The van der Waals surface area contributed by atoms with E-state index < -0.39 is 11.7 Å². The standard InChI is InChI=1S/C12H10F3N3O/c13-12(14,15)9-4-2-1-3-8(9)11-17-10(18-19-11)7-5-16-6-7/h1-4,7,16H,5-6H2. The molecule has 4 nitrogen and oxygen atoms in total. The van der Waals surface area contributed by atoms with Crippen molar-refractivity contribution in [2.24, 2.45) is 0 Å². The lowest BCUT2D eigenvalue weighted by molar-refractivity contribution is -0.137. The van der Waals surface area contributed by atoms with E-state index in [1.807, 2.05) is 0 Å². The summed E-state index contributed by atoms with van der Waals surface area (Å²) in [5.41, 5.74) is -0.849. The molecule has 1 aliphatic heterocycles. The summed E-state index contributed by atoms with van der Waals surface area (Å²) in [6.07, 6.45) is -4.44.